The van der Waals surface area contributed by atoms with Gasteiger partial charge in [-0.25, -0.2) is 4.98 Å². The van der Waals surface area contributed by atoms with Crippen LogP contribution in [0.4, 0.5) is 5.69 Å². The van der Waals surface area contributed by atoms with Gasteiger partial charge in [0.1, 0.15) is 5.52 Å². The molecule has 158 valence electrons. The molecule has 0 fully saturated rings. The molecule has 0 spiro atoms. The maximum atomic E-state index is 12.8. The molecule has 1 N–H and O–H groups in total. The predicted octanol–water partition coefficient (Wildman–Crippen LogP) is 7.53. The Hall–Kier alpha value is -3.11. The van der Waals surface area contributed by atoms with E-state index in [4.69, 9.17) is 16.0 Å². The second kappa shape index (κ2) is 8.56. The maximum Gasteiger partial charge on any atom is 0.255 e. The number of nitrogens with zero attached hydrogens (tertiary/aromatic N) is 1. The third-order valence-corrected chi connectivity index (χ3v) is 6.01. The fraction of sp³-hybridized carbons (Fsp3) is 0.231. The summed E-state index contributed by atoms with van der Waals surface area (Å²) in [7, 11) is 0. The minimum atomic E-state index is -0.202. The van der Waals surface area contributed by atoms with E-state index >= 15 is 0 Å². The molecule has 0 bridgehead atoms. The smallest absolute Gasteiger partial charge is 0.255 e. The first kappa shape index (κ1) is 21.1. The lowest BCUT2D eigenvalue weighted by Crippen LogP contribution is -2.13. The molecule has 1 amide bonds. The van der Waals surface area contributed by atoms with E-state index in [1.54, 1.807) is 12.1 Å². The SMILES string of the molecule is CC[C@H](C)c1ccc2oc(-c3ccc(Cl)c(NC(=O)c4ccc(C)cc4C)c3)nc2c1. The summed E-state index contributed by atoms with van der Waals surface area (Å²) >= 11 is 6.36. The number of aryl methyl sites for hydroxylation is 2. The van der Waals surface area contributed by atoms with Crippen LogP contribution in [0, 0.1) is 13.8 Å². The molecule has 0 aliphatic heterocycles. The number of amides is 1. The molecule has 0 unspecified atom stereocenters. The second-order valence-electron chi connectivity index (χ2n) is 8.02. The van der Waals surface area contributed by atoms with Crippen molar-refractivity contribution >= 4 is 34.3 Å². The highest BCUT2D eigenvalue weighted by molar-refractivity contribution is 6.34. The molecule has 0 radical (unpaired) electrons. The van der Waals surface area contributed by atoms with Crippen LogP contribution in [0.2, 0.25) is 5.02 Å². The van der Waals surface area contributed by atoms with E-state index in [2.05, 4.69) is 36.3 Å². The summed E-state index contributed by atoms with van der Waals surface area (Å²) in [5.41, 5.74) is 6.72. The average Bonchev–Trinajstić information content (AvgIpc) is 3.18. The maximum absolute atomic E-state index is 12.8. The number of rotatable bonds is 5. The molecule has 0 saturated heterocycles. The minimum absolute atomic E-state index is 0.202. The van der Waals surface area contributed by atoms with Crippen molar-refractivity contribution in [2.45, 2.75) is 40.0 Å². The Morgan fingerprint density at radius 2 is 1.90 bits per heavy atom. The Bertz CT molecular complexity index is 1280. The van der Waals surface area contributed by atoms with Gasteiger partial charge in [-0.3, -0.25) is 4.79 Å². The zero-order valence-electron chi connectivity index (χ0n) is 18.1. The van der Waals surface area contributed by atoms with Crippen LogP contribution < -0.4 is 5.32 Å². The Morgan fingerprint density at radius 1 is 1.10 bits per heavy atom. The topological polar surface area (TPSA) is 55.1 Å². The van der Waals surface area contributed by atoms with E-state index in [1.807, 2.05) is 44.2 Å². The Morgan fingerprint density at radius 3 is 2.65 bits per heavy atom. The van der Waals surface area contributed by atoms with Gasteiger partial charge in [-0.15, -0.1) is 0 Å². The summed E-state index contributed by atoms with van der Waals surface area (Å²) in [6.45, 7) is 8.30. The van der Waals surface area contributed by atoms with Crippen molar-refractivity contribution in [2.24, 2.45) is 0 Å². The molecule has 5 heteroatoms. The Balaban J connectivity index is 1.65. The highest BCUT2D eigenvalue weighted by atomic mass is 35.5. The van der Waals surface area contributed by atoms with Crippen LogP contribution in [0.3, 0.4) is 0 Å². The number of aromatic nitrogens is 1. The first-order chi connectivity index (χ1) is 14.9. The van der Waals surface area contributed by atoms with E-state index in [0.29, 0.717) is 28.1 Å². The molecule has 3 aromatic carbocycles. The van der Waals surface area contributed by atoms with Gasteiger partial charge in [0.05, 0.1) is 10.7 Å². The van der Waals surface area contributed by atoms with Gasteiger partial charge in [0.2, 0.25) is 5.89 Å². The van der Waals surface area contributed by atoms with Crippen LogP contribution in [-0.4, -0.2) is 10.9 Å². The molecule has 4 aromatic rings. The number of benzene rings is 3. The molecule has 0 aliphatic rings. The molecule has 1 atom stereocenters. The summed E-state index contributed by atoms with van der Waals surface area (Å²) in [5, 5.41) is 3.38. The lowest BCUT2D eigenvalue weighted by Gasteiger charge is -2.10. The van der Waals surface area contributed by atoms with E-state index in [-0.39, 0.29) is 5.91 Å². The standard InChI is InChI=1S/C26H25ClN2O2/c1-5-16(3)18-8-11-24-23(13-18)29-26(31-24)19-7-10-21(27)22(14-19)28-25(30)20-9-6-15(2)12-17(20)4/h6-14,16H,5H2,1-4H3,(H,28,30)/t16-/m0/s1. The number of hydrogen-bond donors (Lipinski definition) is 1. The number of hydrogen-bond acceptors (Lipinski definition) is 3. The van der Waals surface area contributed by atoms with E-state index < -0.39 is 0 Å². The summed E-state index contributed by atoms with van der Waals surface area (Å²) in [5.74, 6) is 0.759. The average molecular weight is 433 g/mol. The summed E-state index contributed by atoms with van der Waals surface area (Å²) in [6.07, 6.45) is 1.07. The van der Waals surface area contributed by atoms with E-state index in [1.165, 1.54) is 5.56 Å². The highest BCUT2D eigenvalue weighted by Gasteiger charge is 2.15. The van der Waals surface area contributed by atoms with Crippen molar-refractivity contribution < 1.29 is 9.21 Å². The lowest BCUT2D eigenvalue weighted by atomic mass is 9.98. The molecule has 1 aromatic heterocycles. The fourth-order valence-electron chi connectivity index (χ4n) is 3.62. The van der Waals surface area contributed by atoms with Gasteiger partial charge >= 0.3 is 0 Å². The van der Waals surface area contributed by atoms with Crippen molar-refractivity contribution in [3.8, 4) is 11.5 Å². The Labute approximate surface area is 187 Å². The van der Waals surface area contributed by atoms with Crippen molar-refractivity contribution in [3.05, 3.63) is 81.9 Å². The largest absolute Gasteiger partial charge is 0.436 e. The number of nitrogens with one attached hydrogen (secondary N) is 1. The van der Waals surface area contributed by atoms with Gasteiger partial charge in [0.15, 0.2) is 5.58 Å². The number of halogens is 1. The van der Waals surface area contributed by atoms with Crippen molar-refractivity contribution in [3.63, 3.8) is 0 Å². The summed E-state index contributed by atoms with van der Waals surface area (Å²) < 4.78 is 5.97. The van der Waals surface area contributed by atoms with Gasteiger partial charge in [0.25, 0.3) is 5.91 Å². The van der Waals surface area contributed by atoms with Crippen LogP contribution >= 0.6 is 11.6 Å². The van der Waals surface area contributed by atoms with E-state index in [9.17, 15) is 4.79 Å². The third kappa shape index (κ3) is 4.35. The summed E-state index contributed by atoms with van der Waals surface area (Å²) in [4.78, 5) is 17.5. The molecular formula is C26H25ClN2O2. The monoisotopic (exact) mass is 432 g/mol. The lowest BCUT2D eigenvalue weighted by molar-refractivity contribution is 0.102. The predicted molar refractivity (Wildman–Crippen MR) is 127 cm³/mol. The zero-order valence-corrected chi connectivity index (χ0v) is 18.9. The number of oxazole rings is 1. The first-order valence-electron chi connectivity index (χ1n) is 10.4. The number of fused-ring (bicyclic) bond motifs is 1. The van der Waals surface area contributed by atoms with Gasteiger partial charge in [-0.05, 0) is 73.7 Å². The van der Waals surface area contributed by atoms with Gasteiger partial charge in [-0.2, -0.15) is 0 Å². The molecule has 4 rings (SSSR count). The third-order valence-electron chi connectivity index (χ3n) is 5.68. The van der Waals surface area contributed by atoms with Crippen LogP contribution in [-0.2, 0) is 0 Å². The van der Waals surface area contributed by atoms with Crippen molar-refractivity contribution in [1.29, 1.82) is 0 Å². The van der Waals surface area contributed by atoms with Crippen LogP contribution in [0.25, 0.3) is 22.6 Å². The molecular weight excluding hydrogens is 408 g/mol. The number of anilines is 1. The number of carbonyl (C=O) groups is 1. The van der Waals surface area contributed by atoms with Gasteiger partial charge < -0.3 is 9.73 Å². The Kier molecular flexibility index (Phi) is 5.84. The minimum Gasteiger partial charge on any atom is -0.436 e. The van der Waals surface area contributed by atoms with Crippen molar-refractivity contribution in [2.75, 3.05) is 5.32 Å². The van der Waals surface area contributed by atoms with Gasteiger partial charge in [-0.1, -0.05) is 49.2 Å². The zero-order chi connectivity index (χ0) is 22.1. The van der Waals surface area contributed by atoms with Crippen molar-refractivity contribution in [1.82, 2.24) is 4.98 Å². The van der Waals surface area contributed by atoms with Gasteiger partial charge in [0, 0.05) is 11.1 Å². The molecule has 1 heterocycles. The highest BCUT2D eigenvalue weighted by Crippen LogP contribution is 2.32. The first-order valence-corrected chi connectivity index (χ1v) is 10.8. The molecule has 31 heavy (non-hydrogen) atoms. The van der Waals surface area contributed by atoms with E-state index in [0.717, 1.165) is 34.2 Å². The quantitative estimate of drug-likeness (QED) is 0.354. The van der Waals surface area contributed by atoms with Crippen LogP contribution in [0.1, 0.15) is 53.2 Å². The molecule has 4 nitrogen and oxygen atoms in total. The molecule has 0 saturated carbocycles. The number of carbonyl (C=O) groups excluding carboxylic acids is 1. The van der Waals surface area contributed by atoms with Crippen LogP contribution in [0.15, 0.2) is 59.0 Å². The fourth-order valence-corrected chi connectivity index (χ4v) is 3.79. The summed E-state index contributed by atoms with van der Waals surface area (Å²) in [6, 6.07) is 17.2. The molecule has 0 aliphatic carbocycles. The van der Waals surface area contributed by atoms with Crippen LogP contribution in [0.5, 0.6) is 0 Å². The normalized spacial score (nSPS) is 12.2. The second-order valence-corrected chi connectivity index (χ2v) is 8.43.